The van der Waals surface area contributed by atoms with Crippen LogP contribution in [-0.2, 0) is 17.8 Å². The molecule has 0 heterocycles. The Bertz CT molecular complexity index is 1410. The number of rotatable bonds is 11. The quantitative estimate of drug-likeness (QED) is 0.166. The van der Waals surface area contributed by atoms with E-state index in [4.69, 9.17) is 9.73 Å². The largest absolute Gasteiger partial charge is 0.478 e. The highest BCUT2D eigenvalue weighted by Crippen LogP contribution is 2.34. The van der Waals surface area contributed by atoms with Crippen LogP contribution in [0.3, 0.4) is 0 Å². The molecule has 0 bridgehead atoms. The SMILES string of the molecule is Cc1ccc(CN(C)c2cc3ccccc3cc2N=CCCCc2ccc(OC(C)(C)C(=O)O)cc2)cc1. The topological polar surface area (TPSA) is 62.1 Å². The molecule has 0 saturated heterocycles. The molecular weight excluding hydrogens is 472 g/mol. The normalized spacial score (nSPS) is 11.7. The van der Waals surface area contributed by atoms with Crippen LogP contribution in [0.15, 0.2) is 89.9 Å². The summed E-state index contributed by atoms with van der Waals surface area (Å²) in [5.41, 5.74) is 4.54. The summed E-state index contributed by atoms with van der Waals surface area (Å²) < 4.78 is 5.59. The van der Waals surface area contributed by atoms with Crippen LogP contribution in [0, 0.1) is 6.92 Å². The third kappa shape index (κ3) is 7.00. The minimum atomic E-state index is -1.26. The van der Waals surface area contributed by atoms with Crippen molar-refractivity contribution in [2.75, 3.05) is 11.9 Å². The molecule has 0 unspecified atom stereocenters. The van der Waals surface area contributed by atoms with Gasteiger partial charge in [-0.2, -0.15) is 0 Å². The number of carboxylic acids is 1. The average Bonchev–Trinajstić information content (AvgIpc) is 2.90. The van der Waals surface area contributed by atoms with Gasteiger partial charge in [-0.15, -0.1) is 0 Å². The summed E-state index contributed by atoms with van der Waals surface area (Å²) in [5, 5.41) is 11.6. The Kier molecular flexibility index (Phi) is 8.47. The fraction of sp³-hybridized carbons (Fsp3) is 0.273. The van der Waals surface area contributed by atoms with Gasteiger partial charge in [-0.25, -0.2) is 4.79 Å². The molecular formula is C33H36N2O3. The van der Waals surface area contributed by atoms with Crippen molar-refractivity contribution in [2.45, 2.75) is 52.2 Å². The molecule has 1 N–H and O–H groups in total. The second kappa shape index (κ2) is 12.0. The van der Waals surface area contributed by atoms with Crippen LogP contribution in [-0.4, -0.2) is 29.9 Å². The van der Waals surface area contributed by atoms with Gasteiger partial charge in [-0.1, -0.05) is 66.2 Å². The molecule has 5 heteroatoms. The van der Waals surface area contributed by atoms with Crippen LogP contribution >= 0.6 is 0 Å². The Morgan fingerprint density at radius 3 is 2.24 bits per heavy atom. The van der Waals surface area contributed by atoms with Crippen molar-refractivity contribution in [2.24, 2.45) is 4.99 Å². The van der Waals surface area contributed by atoms with Crippen molar-refractivity contribution in [1.82, 2.24) is 0 Å². The van der Waals surface area contributed by atoms with Crippen molar-refractivity contribution in [3.8, 4) is 5.75 Å². The summed E-state index contributed by atoms with van der Waals surface area (Å²) in [6, 6.07) is 29.1. The zero-order valence-corrected chi connectivity index (χ0v) is 22.6. The third-order valence-electron chi connectivity index (χ3n) is 6.63. The zero-order valence-electron chi connectivity index (χ0n) is 22.6. The zero-order chi connectivity index (χ0) is 27.1. The van der Waals surface area contributed by atoms with Gasteiger partial charge in [0.05, 0.1) is 11.4 Å². The maximum Gasteiger partial charge on any atom is 0.347 e. The Hall–Kier alpha value is -4.12. The van der Waals surface area contributed by atoms with E-state index in [0.717, 1.165) is 37.2 Å². The molecule has 5 nitrogen and oxygen atoms in total. The van der Waals surface area contributed by atoms with Crippen LogP contribution in [0.2, 0.25) is 0 Å². The van der Waals surface area contributed by atoms with Crippen LogP contribution in [0.1, 0.15) is 43.4 Å². The summed E-state index contributed by atoms with van der Waals surface area (Å²) in [6.07, 6.45) is 4.75. The number of hydrogen-bond donors (Lipinski definition) is 1. The van der Waals surface area contributed by atoms with Crippen molar-refractivity contribution in [3.63, 3.8) is 0 Å². The van der Waals surface area contributed by atoms with E-state index in [-0.39, 0.29) is 0 Å². The first-order valence-corrected chi connectivity index (χ1v) is 13.0. The fourth-order valence-electron chi connectivity index (χ4n) is 4.30. The van der Waals surface area contributed by atoms with E-state index in [1.165, 1.54) is 27.5 Å². The van der Waals surface area contributed by atoms with Gasteiger partial charge < -0.3 is 14.7 Å². The van der Waals surface area contributed by atoms with Gasteiger partial charge in [0.15, 0.2) is 5.60 Å². The summed E-state index contributed by atoms with van der Waals surface area (Å²) in [6.45, 7) is 6.01. The first-order valence-electron chi connectivity index (χ1n) is 13.0. The molecule has 0 saturated carbocycles. The van der Waals surface area contributed by atoms with Crippen LogP contribution < -0.4 is 9.64 Å². The maximum atomic E-state index is 11.3. The number of nitrogens with zero attached hydrogens (tertiary/aromatic N) is 2. The van der Waals surface area contributed by atoms with E-state index in [1.807, 2.05) is 30.5 Å². The second-order valence-corrected chi connectivity index (χ2v) is 10.3. The molecule has 0 atom stereocenters. The molecule has 0 aromatic heterocycles. The molecule has 4 aromatic carbocycles. The van der Waals surface area contributed by atoms with Crippen LogP contribution in [0.5, 0.6) is 5.75 Å². The molecule has 38 heavy (non-hydrogen) atoms. The number of aliphatic carboxylic acids is 1. The molecule has 0 spiro atoms. The maximum absolute atomic E-state index is 11.3. The van der Waals surface area contributed by atoms with Gasteiger partial charge in [0.1, 0.15) is 5.75 Å². The number of anilines is 1. The van der Waals surface area contributed by atoms with E-state index in [0.29, 0.717) is 5.75 Å². The number of carbonyl (C=O) groups is 1. The Morgan fingerprint density at radius 2 is 1.58 bits per heavy atom. The number of hydrogen-bond acceptors (Lipinski definition) is 4. The van der Waals surface area contributed by atoms with Crippen LogP contribution in [0.4, 0.5) is 11.4 Å². The molecule has 0 aliphatic heterocycles. The molecule has 4 aromatic rings. The predicted octanol–water partition coefficient (Wildman–Crippen LogP) is 7.75. The highest BCUT2D eigenvalue weighted by molar-refractivity contribution is 5.92. The van der Waals surface area contributed by atoms with Crippen molar-refractivity contribution in [3.05, 3.63) is 102 Å². The van der Waals surface area contributed by atoms with Gasteiger partial charge in [-0.05, 0) is 86.2 Å². The Labute approximate surface area is 225 Å². The summed E-state index contributed by atoms with van der Waals surface area (Å²) in [7, 11) is 2.12. The minimum absolute atomic E-state index is 0.557. The summed E-state index contributed by atoms with van der Waals surface area (Å²) in [5.74, 6) is -0.432. The molecule has 0 aliphatic carbocycles. The monoisotopic (exact) mass is 508 g/mol. The van der Waals surface area contributed by atoms with Gasteiger partial charge in [0, 0.05) is 19.8 Å². The van der Waals surface area contributed by atoms with Gasteiger partial charge in [0.25, 0.3) is 0 Å². The molecule has 0 fully saturated rings. The third-order valence-corrected chi connectivity index (χ3v) is 6.63. The lowest BCUT2D eigenvalue weighted by Gasteiger charge is -2.22. The van der Waals surface area contributed by atoms with Crippen LogP contribution in [0.25, 0.3) is 10.8 Å². The fourth-order valence-corrected chi connectivity index (χ4v) is 4.30. The number of fused-ring (bicyclic) bond motifs is 1. The first-order chi connectivity index (χ1) is 18.2. The van der Waals surface area contributed by atoms with Gasteiger partial charge >= 0.3 is 5.97 Å². The standard InChI is InChI=1S/C33H36N2O3/c1-24-12-14-26(15-13-24)23-35(4)31-22-28-11-6-5-10-27(28)21-30(31)34-20-8-7-9-25-16-18-29(19-17-25)38-33(2,3)32(36)37/h5-6,10-22H,7-9,23H2,1-4H3,(H,36,37). The Balaban J connectivity index is 1.40. The number of ether oxygens (including phenoxy) is 1. The average molecular weight is 509 g/mol. The highest BCUT2D eigenvalue weighted by atomic mass is 16.5. The highest BCUT2D eigenvalue weighted by Gasteiger charge is 2.29. The summed E-state index contributed by atoms with van der Waals surface area (Å²) in [4.78, 5) is 18.4. The molecule has 196 valence electrons. The minimum Gasteiger partial charge on any atom is -0.478 e. The number of benzene rings is 4. The van der Waals surface area contributed by atoms with Crippen molar-refractivity contribution in [1.29, 1.82) is 0 Å². The molecule has 0 amide bonds. The number of carboxylic acid groups (broad SMARTS) is 1. The van der Waals surface area contributed by atoms with Gasteiger partial charge in [0.2, 0.25) is 0 Å². The molecule has 4 rings (SSSR count). The van der Waals surface area contributed by atoms with E-state index in [2.05, 4.69) is 79.5 Å². The lowest BCUT2D eigenvalue weighted by atomic mass is 10.1. The number of aryl methyl sites for hydroxylation is 2. The van der Waals surface area contributed by atoms with Gasteiger partial charge in [-0.3, -0.25) is 4.99 Å². The second-order valence-electron chi connectivity index (χ2n) is 10.3. The molecule has 0 aliphatic rings. The van der Waals surface area contributed by atoms with Crippen molar-refractivity contribution < 1.29 is 14.6 Å². The Morgan fingerprint density at radius 1 is 0.947 bits per heavy atom. The van der Waals surface area contributed by atoms with E-state index < -0.39 is 11.6 Å². The molecule has 0 radical (unpaired) electrons. The predicted molar refractivity (Wildman–Crippen MR) is 157 cm³/mol. The van der Waals surface area contributed by atoms with Crippen molar-refractivity contribution >= 4 is 34.3 Å². The summed E-state index contributed by atoms with van der Waals surface area (Å²) >= 11 is 0. The first kappa shape index (κ1) is 26.9. The van der Waals surface area contributed by atoms with E-state index in [1.54, 1.807) is 13.8 Å². The smallest absolute Gasteiger partial charge is 0.347 e. The van der Waals surface area contributed by atoms with E-state index in [9.17, 15) is 9.90 Å². The number of unbranched alkanes of at least 4 members (excludes halogenated alkanes) is 1. The van der Waals surface area contributed by atoms with E-state index >= 15 is 0 Å². The number of aliphatic imine (C=N–C) groups is 1. The lowest BCUT2D eigenvalue weighted by Crippen LogP contribution is -2.37. The lowest BCUT2D eigenvalue weighted by molar-refractivity contribution is -0.152.